The van der Waals surface area contributed by atoms with Crippen molar-refractivity contribution in [2.75, 3.05) is 5.32 Å². The number of nitrogens with zero attached hydrogens (tertiary/aromatic N) is 2. The third-order valence-electron chi connectivity index (χ3n) is 4.61. The molecule has 0 saturated heterocycles. The molecule has 0 atom stereocenters. The monoisotopic (exact) mass is 433 g/mol. The summed E-state index contributed by atoms with van der Waals surface area (Å²) in [4.78, 5) is 41.1. The molecule has 156 valence electrons. The van der Waals surface area contributed by atoms with E-state index in [1.165, 1.54) is 11.3 Å². The van der Waals surface area contributed by atoms with Crippen molar-refractivity contribution >= 4 is 45.1 Å². The maximum absolute atomic E-state index is 12.5. The van der Waals surface area contributed by atoms with Crippen molar-refractivity contribution in [1.29, 1.82) is 0 Å². The Labute approximate surface area is 181 Å². The van der Waals surface area contributed by atoms with Crippen LogP contribution in [0.25, 0.3) is 10.9 Å². The molecule has 4 rings (SSSR count). The summed E-state index contributed by atoms with van der Waals surface area (Å²) in [5, 5.41) is 5.60. The van der Waals surface area contributed by atoms with Crippen LogP contribution in [0, 0.1) is 0 Å². The molecule has 0 radical (unpaired) electrons. The average molecular weight is 433 g/mol. The Morgan fingerprint density at radius 2 is 1.71 bits per heavy atom. The van der Waals surface area contributed by atoms with Gasteiger partial charge in [-0.15, -0.1) is 11.3 Å². The van der Waals surface area contributed by atoms with Crippen LogP contribution in [0.2, 0.25) is 0 Å². The third kappa shape index (κ3) is 4.62. The van der Waals surface area contributed by atoms with Gasteiger partial charge in [-0.25, -0.2) is 4.98 Å². The van der Waals surface area contributed by atoms with Crippen molar-refractivity contribution in [3.05, 3.63) is 83.0 Å². The van der Waals surface area contributed by atoms with Gasteiger partial charge in [-0.2, -0.15) is 0 Å². The van der Waals surface area contributed by atoms with E-state index >= 15 is 0 Å². The largest absolute Gasteiger partial charge is 0.350 e. The van der Waals surface area contributed by atoms with E-state index in [0.717, 1.165) is 10.9 Å². The molecule has 2 heterocycles. The van der Waals surface area contributed by atoms with Crippen LogP contribution < -0.4 is 16.2 Å². The lowest BCUT2D eigenvalue weighted by molar-refractivity contribution is -0.121. The number of carbonyl (C=O) groups is 3. The highest BCUT2D eigenvalue weighted by atomic mass is 32.1. The molecule has 0 fully saturated rings. The number of hydrogen-bond donors (Lipinski definition) is 3. The van der Waals surface area contributed by atoms with Crippen LogP contribution in [-0.2, 0) is 18.3 Å². The Balaban J connectivity index is 1.32. The summed E-state index contributed by atoms with van der Waals surface area (Å²) in [5.74, 6) is -1.09. The van der Waals surface area contributed by atoms with Crippen molar-refractivity contribution in [1.82, 2.24) is 20.4 Å². The molecular formula is C22H19N5O3S. The molecule has 2 aromatic heterocycles. The lowest BCUT2D eigenvalue weighted by atomic mass is 10.2. The Morgan fingerprint density at radius 3 is 2.52 bits per heavy atom. The van der Waals surface area contributed by atoms with Crippen LogP contribution in [0.3, 0.4) is 0 Å². The summed E-state index contributed by atoms with van der Waals surface area (Å²) in [6.07, 6.45) is 1.68. The zero-order valence-corrected chi connectivity index (χ0v) is 17.4. The fourth-order valence-electron chi connectivity index (χ4n) is 3.13. The van der Waals surface area contributed by atoms with Gasteiger partial charge in [-0.1, -0.05) is 36.4 Å². The van der Waals surface area contributed by atoms with Gasteiger partial charge in [0.05, 0.1) is 17.7 Å². The van der Waals surface area contributed by atoms with Gasteiger partial charge in [-0.05, 0) is 18.2 Å². The van der Waals surface area contributed by atoms with E-state index in [1.807, 2.05) is 41.9 Å². The molecule has 0 aliphatic heterocycles. The Morgan fingerprint density at radius 1 is 0.968 bits per heavy atom. The summed E-state index contributed by atoms with van der Waals surface area (Å²) < 4.78 is 1.85. The molecule has 9 heteroatoms. The number of thiazole rings is 1. The highest BCUT2D eigenvalue weighted by Crippen LogP contribution is 2.20. The molecule has 8 nitrogen and oxygen atoms in total. The Bertz CT molecular complexity index is 1260. The molecule has 3 N–H and O–H groups in total. The van der Waals surface area contributed by atoms with Crippen molar-refractivity contribution in [2.45, 2.75) is 6.42 Å². The number of aromatic nitrogens is 2. The Hall–Kier alpha value is -3.98. The molecule has 31 heavy (non-hydrogen) atoms. The zero-order valence-electron chi connectivity index (χ0n) is 16.6. The molecular weight excluding hydrogens is 414 g/mol. The van der Waals surface area contributed by atoms with E-state index in [2.05, 4.69) is 21.2 Å². The number of amides is 3. The van der Waals surface area contributed by atoms with Crippen molar-refractivity contribution in [3.63, 3.8) is 0 Å². The number of nitrogens with one attached hydrogen (secondary N) is 3. The first-order valence-electron chi connectivity index (χ1n) is 9.45. The fraction of sp³-hybridized carbons (Fsp3) is 0.0909. The summed E-state index contributed by atoms with van der Waals surface area (Å²) in [6.45, 7) is 0. The molecule has 2 aromatic carbocycles. The highest BCUT2D eigenvalue weighted by Gasteiger charge is 2.15. The second kappa shape index (κ2) is 8.80. The topological polar surface area (TPSA) is 105 Å². The van der Waals surface area contributed by atoms with Crippen molar-refractivity contribution in [3.8, 4) is 0 Å². The number of anilines is 1. The van der Waals surface area contributed by atoms with E-state index in [9.17, 15) is 14.4 Å². The number of aryl methyl sites for hydroxylation is 1. The third-order valence-corrected chi connectivity index (χ3v) is 5.41. The van der Waals surface area contributed by atoms with Gasteiger partial charge in [0.2, 0.25) is 5.91 Å². The number of para-hydroxylation sites is 1. The lowest BCUT2D eigenvalue weighted by Gasteiger charge is -2.06. The molecule has 0 saturated carbocycles. The first kappa shape index (κ1) is 20.3. The van der Waals surface area contributed by atoms with Gasteiger partial charge >= 0.3 is 0 Å². The average Bonchev–Trinajstić information content (AvgIpc) is 3.36. The molecule has 0 spiro atoms. The van der Waals surface area contributed by atoms with Gasteiger partial charge in [-0.3, -0.25) is 30.6 Å². The summed E-state index contributed by atoms with van der Waals surface area (Å²) in [5.41, 5.74) is 7.25. The molecule has 3 amide bonds. The maximum atomic E-state index is 12.5. The number of benzene rings is 2. The number of hydrogen-bond acceptors (Lipinski definition) is 5. The number of hydrazine groups is 1. The summed E-state index contributed by atoms with van der Waals surface area (Å²) >= 11 is 1.23. The normalized spacial score (nSPS) is 10.6. The smallest absolute Gasteiger partial charge is 0.271 e. The predicted molar refractivity (Wildman–Crippen MR) is 119 cm³/mol. The lowest BCUT2D eigenvalue weighted by Crippen LogP contribution is -2.42. The van der Waals surface area contributed by atoms with E-state index in [4.69, 9.17) is 0 Å². The van der Waals surface area contributed by atoms with Gasteiger partial charge in [0.15, 0.2) is 5.13 Å². The van der Waals surface area contributed by atoms with Gasteiger partial charge in [0.1, 0.15) is 0 Å². The number of rotatable bonds is 5. The van der Waals surface area contributed by atoms with Crippen LogP contribution in [0.4, 0.5) is 5.13 Å². The minimum atomic E-state index is -0.417. The van der Waals surface area contributed by atoms with Gasteiger partial charge < -0.3 is 4.57 Å². The number of carbonyl (C=O) groups excluding carboxylic acids is 3. The SMILES string of the molecule is Cn1cc(C(=O)NNC(=O)Cc2csc(NC(=O)c3ccccc3)n2)c2ccccc21. The first-order chi connectivity index (χ1) is 15.0. The van der Waals surface area contributed by atoms with Crippen molar-refractivity contribution < 1.29 is 14.4 Å². The fourth-order valence-corrected chi connectivity index (χ4v) is 3.83. The van der Waals surface area contributed by atoms with Gasteiger partial charge in [0.25, 0.3) is 11.8 Å². The van der Waals surface area contributed by atoms with Crippen LogP contribution in [0.1, 0.15) is 26.4 Å². The van der Waals surface area contributed by atoms with Crippen LogP contribution >= 0.6 is 11.3 Å². The van der Waals surface area contributed by atoms with Crippen LogP contribution in [-0.4, -0.2) is 27.3 Å². The highest BCUT2D eigenvalue weighted by molar-refractivity contribution is 7.14. The van der Waals surface area contributed by atoms with E-state index in [1.54, 1.807) is 35.8 Å². The van der Waals surface area contributed by atoms with Gasteiger partial charge in [0, 0.05) is 35.1 Å². The number of fused-ring (bicyclic) bond motifs is 1. The Kier molecular flexibility index (Phi) is 5.76. The molecule has 4 aromatic rings. The van der Waals surface area contributed by atoms with E-state index in [0.29, 0.717) is 22.0 Å². The standard InChI is InChI=1S/C22H19N5O3S/c1-27-12-17(16-9-5-6-10-18(16)27)21(30)26-25-19(28)11-15-13-31-22(23-15)24-20(29)14-7-3-2-4-8-14/h2-10,12-13H,11H2,1H3,(H,25,28)(H,26,30)(H,23,24,29). The molecule has 0 aliphatic rings. The summed E-state index contributed by atoms with van der Waals surface area (Å²) in [6, 6.07) is 16.3. The first-order valence-corrected chi connectivity index (χ1v) is 10.3. The predicted octanol–water partition coefficient (Wildman–Crippen LogP) is 2.89. The molecule has 0 aliphatic carbocycles. The van der Waals surface area contributed by atoms with Crippen LogP contribution in [0.5, 0.6) is 0 Å². The van der Waals surface area contributed by atoms with E-state index in [-0.39, 0.29) is 12.3 Å². The second-order valence-electron chi connectivity index (χ2n) is 6.81. The minimum absolute atomic E-state index is 0.0342. The van der Waals surface area contributed by atoms with E-state index < -0.39 is 11.8 Å². The quantitative estimate of drug-likeness (QED) is 0.421. The zero-order chi connectivity index (χ0) is 21.8. The van der Waals surface area contributed by atoms with Crippen LogP contribution in [0.15, 0.2) is 66.2 Å². The molecule has 0 bridgehead atoms. The second-order valence-corrected chi connectivity index (χ2v) is 7.67. The van der Waals surface area contributed by atoms with Crippen molar-refractivity contribution in [2.24, 2.45) is 7.05 Å². The summed E-state index contributed by atoms with van der Waals surface area (Å²) in [7, 11) is 1.86. The minimum Gasteiger partial charge on any atom is -0.350 e. The maximum Gasteiger partial charge on any atom is 0.271 e. The molecule has 0 unspecified atom stereocenters.